The third kappa shape index (κ3) is 4.04. The van der Waals surface area contributed by atoms with Gasteiger partial charge in [-0.3, -0.25) is 4.79 Å². The molecule has 0 aliphatic carbocycles. The van der Waals surface area contributed by atoms with E-state index in [0.717, 1.165) is 10.9 Å². The van der Waals surface area contributed by atoms with Crippen molar-refractivity contribution in [2.24, 2.45) is 5.10 Å². The van der Waals surface area contributed by atoms with Gasteiger partial charge in [0.25, 0.3) is 5.91 Å². The molecule has 4 aromatic rings. The van der Waals surface area contributed by atoms with Gasteiger partial charge < -0.3 is 4.74 Å². The van der Waals surface area contributed by atoms with Crippen LogP contribution in [0.5, 0.6) is 11.5 Å². The minimum Gasteiger partial charge on any atom is -0.457 e. The highest BCUT2D eigenvalue weighted by atomic mass is 16.5. The number of benzene rings is 3. The molecule has 0 fully saturated rings. The molecular weight excluding hydrogens is 350 g/mol. The Bertz CT molecular complexity index is 1140. The minimum absolute atomic E-state index is 0.358. The Morgan fingerprint density at radius 2 is 1.61 bits per heavy atom. The van der Waals surface area contributed by atoms with Crippen LogP contribution in [0.1, 0.15) is 16.1 Å². The molecule has 1 heterocycles. The van der Waals surface area contributed by atoms with Crippen LogP contribution < -0.4 is 10.2 Å². The molecule has 1 N–H and O–H groups in total. The van der Waals surface area contributed by atoms with Gasteiger partial charge in [-0.25, -0.2) is 10.4 Å². The normalized spacial score (nSPS) is 10.9. The summed E-state index contributed by atoms with van der Waals surface area (Å²) in [5.74, 6) is 0.764. The van der Waals surface area contributed by atoms with E-state index >= 15 is 0 Å². The standard InChI is InChI=1S/C23H17N3O2/c27-23(20-11-5-7-13-22(20)28-19-9-2-1-3-10-19)26-24-16-18-15-14-17-8-4-6-12-21(17)25-18/h1-16H,(H,26,27). The van der Waals surface area contributed by atoms with Gasteiger partial charge in [0.15, 0.2) is 0 Å². The smallest absolute Gasteiger partial charge is 0.275 e. The molecule has 0 bridgehead atoms. The third-order valence-electron chi connectivity index (χ3n) is 4.09. The molecule has 136 valence electrons. The lowest BCUT2D eigenvalue weighted by Crippen LogP contribution is -2.18. The molecular formula is C23H17N3O2. The monoisotopic (exact) mass is 367 g/mol. The Hall–Kier alpha value is -3.99. The molecule has 3 aromatic carbocycles. The quantitative estimate of drug-likeness (QED) is 0.407. The van der Waals surface area contributed by atoms with Crippen molar-refractivity contribution in [1.82, 2.24) is 10.4 Å². The first-order valence-electron chi connectivity index (χ1n) is 8.81. The third-order valence-corrected chi connectivity index (χ3v) is 4.09. The molecule has 4 rings (SSSR count). The Balaban J connectivity index is 1.48. The van der Waals surface area contributed by atoms with E-state index in [2.05, 4.69) is 15.5 Å². The Morgan fingerprint density at radius 3 is 2.50 bits per heavy atom. The molecule has 5 heteroatoms. The number of fused-ring (bicyclic) bond motifs is 1. The molecule has 0 saturated carbocycles. The highest BCUT2D eigenvalue weighted by molar-refractivity contribution is 5.97. The number of carbonyl (C=O) groups is 1. The van der Waals surface area contributed by atoms with E-state index in [9.17, 15) is 4.79 Å². The van der Waals surface area contributed by atoms with Crippen molar-refractivity contribution in [2.45, 2.75) is 0 Å². The van der Waals surface area contributed by atoms with E-state index in [-0.39, 0.29) is 5.91 Å². The predicted octanol–water partition coefficient (Wildman–Crippen LogP) is 4.79. The van der Waals surface area contributed by atoms with Crippen LogP contribution in [0.15, 0.2) is 96.1 Å². The molecule has 1 aromatic heterocycles. The van der Waals surface area contributed by atoms with Crippen molar-refractivity contribution in [3.8, 4) is 11.5 Å². The van der Waals surface area contributed by atoms with Crippen molar-refractivity contribution >= 4 is 23.0 Å². The maximum absolute atomic E-state index is 12.5. The summed E-state index contributed by atoms with van der Waals surface area (Å²) < 4.78 is 5.82. The summed E-state index contributed by atoms with van der Waals surface area (Å²) in [6, 6.07) is 28.0. The number of carbonyl (C=O) groups excluding carboxylic acids is 1. The Kier molecular flexibility index (Phi) is 5.06. The first kappa shape index (κ1) is 17.4. The van der Waals surface area contributed by atoms with Crippen molar-refractivity contribution < 1.29 is 9.53 Å². The van der Waals surface area contributed by atoms with Gasteiger partial charge in [-0.05, 0) is 36.4 Å². The zero-order valence-corrected chi connectivity index (χ0v) is 14.9. The largest absolute Gasteiger partial charge is 0.457 e. The fourth-order valence-electron chi connectivity index (χ4n) is 2.73. The molecule has 28 heavy (non-hydrogen) atoms. The summed E-state index contributed by atoms with van der Waals surface area (Å²) in [5, 5.41) is 5.08. The summed E-state index contributed by atoms with van der Waals surface area (Å²) in [4.78, 5) is 17.0. The predicted molar refractivity (Wildman–Crippen MR) is 110 cm³/mol. The van der Waals surface area contributed by atoms with Crippen LogP contribution in [-0.4, -0.2) is 17.1 Å². The van der Waals surface area contributed by atoms with E-state index in [4.69, 9.17) is 4.74 Å². The Labute approximate surface area is 162 Å². The fourth-order valence-corrected chi connectivity index (χ4v) is 2.73. The zero-order valence-electron chi connectivity index (χ0n) is 14.9. The van der Waals surface area contributed by atoms with Crippen molar-refractivity contribution in [2.75, 3.05) is 0 Å². The van der Waals surface area contributed by atoms with Crippen molar-refractivity contribution in [3.63, 3.8) is 0 Å². The van der Waals surface area contributed by atoms with Crippen LogP contribution in [0.2, 0.25) is 0 Å². The lowest BCUT2D eigenvalue weighted by Gasteiger charge is -2.09. The number of hydrogen-bond acceptors (Lipinski definition) is 4. The highest BCUT2D eigenvalue weighted by Gasteiger charge is 2.12. The lowest BCUT2D eigenvalue weighted by atomic mass is 10.2. The molecule has 1 amide bonds. The molecule has 0 aliphatic rings. The maximum Gasteiger partial charge on any atom is 0.275 e. The molecule has 0 spiro atoms. The topological polar surface area (TPSA) is 63.6 Å². The van der Waals surface area contributed by atoms with Gasteiger partial charge in [-0.1, -0.05) is 54.6 Å². The first-order chi connectivity index (χ1) is 13.8. The first-order valence-corrected chi connectivity index (χ1v) is 8.81. The van der Waals surface area contributed by atoms with Gasteiger partial charge in [-0.2, -0.15) is 5.10 Å². The van der Waals surface area contributed by atoms with Gasteiger partial charge in [0.05, 0.1) is 23.0 Å². The van der Waals surface area contributed by atoms with Crippen LogP contribution in [-0.2, 0) is 0 Å². The molecule has 0 aliphatic heterocycles. The van der Waals surface area contributed by atoms with Crippen molar-refractivity contribution in [3.05, 3.63) is 102 Å². The Morgan fingerprint density at radius 1 is 0.857 bits per heavy atom. The van der Waals surface area contributed by atoms with Crippen LogP contribution in [0.3, 0.4) is 0 Å². The second-order valence-electron chi connectivity index (χ2n) is 6.04. The van der Waals surface area contributed by atoms with E-state index in [1.54, 1.807) is 18.2 Å². The number of ether oxygens (including phenoxy) is 1. The SMILES string of the molecule is O=C(NN=Cc1ccc2ccccc2n1)c1ccccc1Oc1ccccc1. The van der Waals surface area contributed by atoms with Gasteiger partial charge in [-0.15, -0.1) is 0 Å². The van der Waals surface area contributed by atoms with Crippen LogP contribution in [0.25, 0.3) is 10.9 Å². The molecule has 0 atom stereocenters. The lowest BCUT2D eigenvalue weighted by molar-refractivity contribution is 0.0953. The van der Waals surface area contributed by atoms with E-state index in [1.165, 1.54) is 6.21 Å². The average Bonchev–Trinajstić information content (AvgIpc) is 2.75. The van der Waals surface area contributed by atoms with E-state index in [1.807, 2.05) is 72.8 Å². The van der Waals surface area contributed by atoms with Gasteiger partial charge in [0, 0.05) is 5.39 Å². The maximum atomic E-state index is 12.5. The molecule has 0 saturated heterocycles. The number of pyridine rings is 1. The van der Waals surface area contributed by atoms with Crippen LogP contribution >= 0.6 is 0 Å². The number of hydrogen-bond donors (Lipinski definition) is 1. The number of amides is 1. The second kappa shape index (κ2) is 8.14. The fraction of sp³-hybridized carbons (Fsp3) is 0. The van der Waals surface area contributed by atoms with Gasteiger partial charge in [0.1, 0.15) is 11.5 Å². The second-order valence-corrected chi connectivity index (χ2v) is 6.04. The summed E-state index contributed by atoms with van der Waals surface area (Å²) in [5.41, 5.74) is 4.46. The summed E-state index contributed by atoms with van der Waals surface area (Å²) >= 11 is 0. The minimum atomic E-state index is -0.358. The van der Waals surface area contributed by atoms with Crippen LogP contribution in [0, 0.1) is 0 Å². The molecule has 0 radical (unpaired) electrons. The van der Waals surface area contributed by atoms with E-state index in [0.29, 0.717) is 22.8 Å². The number of para-hydroxylation sites is 3. The summed E-state index contributed by atoms with van der Waals surface area (Å²) in [6.07, 6.45) is 1.52. The zero-order chi connectivity index (χ0) is 19.2. The van der Waals surface area contributed by atoms with Crippen LogP contribution in [0.4, 0.5) is 0 Å². The number of hydrazone groups is 1. The van der Waals surface area contributed by atoms with E-state index < -0.39 is 0 Å². The number of rotatable bonds is 5. The van der Waals surface area contributed by atoms with Crippen molar-refractivity contribution in [1.29, 1.82) is 0 Å². The number of aromatic nitrogens is 1. The van der Waals surface area contributed by atoms with Gasteiger partial charge in [0.2, 0.25) is 0 Å². The molecule has 5 nitrogen and oxygen atoms in total. The average molecular weight is 367 g/mol. The highest BCUT2D eigenvalue weighted by Crippen LogP contribution is 2.24. The number of nitrogens with zero attached hydrogens (tertiary/aromatic N) is 2. The summed E-state index contributed by atoms with van der Waals surface area (Å²) in [6.45, 7) is 0. The molecule has 0 unspecified atom stereocenters. The summed E-state index contributed by atoms with van der Waals surface area (Å²) in [7, 11) is 0. The van der Waals surface area contributed by atoms with Gasteiger partial charge >= 0.3 is 0 Å². The number of nitrogens with one attached hydrogen (secondary N) is 1.